The van der Waals surface area contributed by atoms with Gasteiger partial charge in [0.25, 0.3) is 0 Å². The number of carboxylic acids is 1. The van der Waals surface area contributed by atoms with Gasteiger partial charge in [0.15, 0.2) is 5.78 Å². The predicted octanol–water partition coefficient (Wildman–Crippen LogP) is 1.97. The number of amides is 1. The van der Waals surface area contributed by atoms with Crippen molar-refractivity contribution >= 4 is 29.4 Å². The largest absolute Gasteiger partial charge is 0.480 e. The van der Waals surface area contributed by atoms with E-state index in [4.69, 9.17) is 5.11 Å². The molecular formula is C15H19NO4S. The molecule has 0 saturated carbocycles. The van der Waals surface area contributed by atoms with Gasteiger partial charge in [0.05, 0.1) is 11.5 Å². The smallest absolute Gasteiger partial charge is 0.326 e. The number of benzene rings is 1. The third-order valence-electron chi connectivity index (χ3n) is 2.77. The molecule has 0 fully saturated rings. The van der Waals surface area contributed by atoms with Crippen molar-refractivity contribution in [1.82, 2.24) is 5.32 Å². The van der Waals surface area contributed by atoms with E-state index < -0.39 is 12.0 Å². The molecule has 0 saturated heterocycles. The first-order valence-electron chi connectivity index (χ1n) is 6.72. The number of rotatable bonds is 9. The molecule has 114 valence electrons. The maximum Gasteiger partial charge on any atom is 0.326 e. The molecule has 5 nitrogen and oxygen atoms in total. The molecule has 0 spiro atoms. The summed E-state index contributed by atoms with van der Waals surface area (Å²) in [6.45, 7) is 1.86. The molecule has 2 N–H and O–H groups in total. The number of hydrogen-bond acceptors (Lipinski definition) is 4. The van der Waals surface area contributed by atoms with Crippen LogP contribution in [0.4, 0.5) is 0 Å². The predicted molar refractivity (Wildman–Crippen MR) is 82.6 cm³/mol. The van der Waals surface area contributed by atoms with Crippen molar-refractivity contribution in [3.8, 4) is 0 Å². The fraction of sp³-hybridized carbons (Fsp3) is 0.400. The van der Waals surface area contributed by atoms with Crippen LogP contribution < -0.4 is 5.32 Å². The molecule has 1 aromatic rings. The number of hydrogen-bond donors (Lipinski definition) is 2. The number of carbonyl (C=O) groups excluding carboxylic acids is 2. The second-order valence-electron chi connectivity index (χ2n) is 4.53. The van der Waals surface area contributed by atoms with Crippen LogP contribution in [0.2, 0.25) is 0 Å². The molecular weight excluding hydrogens is 290 g/mol. The molecule has 0 aliphatic heterocycles. The number of Topliss-reactive ketones (excluding diaryl/α,β-unsaturated/α-hetero) is 1. The van der Waals surface area contributed by atoms with E-state index >= 15 is 0 Å². The fourth-order valence-corrected chi connectivity index (χ4v) is 2.45. The zero-order valence-electron chi connectivity index (χ0n) is 11.9. The van der Waals surface area contributed by atoms with Crippen LogP contribution in [0.1, 0.15) is 30.1 Å². The Morgan fingerprint density at radius 3 is 2.43 bits per heavy atom. The van der Waals surface area contributed by atoms with Gasteiger partial charge in [-0.25, -0.2) is 4.79 Å². The van der Waals surface area contributed by atoms with E-state index in [-0.39, 0.29) is 23.2 Å². The highest BCUT2D eigenvalue weighted by Gasteiger charge is 2.18. The molecule has 1 amide bonds. The highest BCUT2D eigenvalue weighted by atomic mass is 32.2. The Bertz CT molecular complexity index is 490. The molecule has 0 heterocycles. The first kappa shape index (κ1) is 17.2. The van der Waals surface area contributed by atoms with Gasteiger partial charge in [-0.15, -0.1) is 11.8 Å². The monoisotopic (exact) mass is 309 g/mol. The standard InChI is InChI=1S/C15H19NO4S/c1-2-6-12(15(19)20)16-14(18)10-21-9-13(17)11-7-4-3-5-8-11/h3-5,7-8,12H,2,6,9-10H2,1H3,(H,16,18)(H,19,20). The van der Waals surface area contributed by atoms with Crippen LogP contribution in [0.15, 0.2) is 30.3 Å². The van der Waals surface area contributed by atoms with Crippen LogP contribution in [-0.4, -0.2) is 40.3 Å². The van der Waals surface area contributed by atoms with Crippen molar-refractivity contribution in [3.05, 3.63) is 35.9 Å². The summed E-state index contributed by atoms with van der Waals surface area (Å²) in [5.41, 5.74) is 0.611. The Morgan fingerprint density at radius 1 is 1.19 bits per heavy atom. The van der Waals surface area contributed by atoms with Gasteiger partial charge in [0.1, 0.15) is 6.04 Å². The molecule has 0 bridgehead atoms. The van der Waals surface area contributed by atoms with Crippen LogP contribution in [0.25, 0.3) is 0 Å². The first-order valence-corrected chi connectivity index (χ1v) is 7.88. The Balaban J connectivity index is 2.33. The second-order valence-corrected chi connectivity index (χ2v) is 5.51. The molecule has 1 rings (SSSR count). The number of carbonyl (C=O) groups is 3. The molecule has 0 radical (unpaired) electrons. The lowest BCUT2D eigenvalue weighted by Crippen LogP contribution is -2.41. The molecule has 6 heteroatoms. The van der Waals surface area contributed by atoms with E-state index in [1.54, 1.807) is 24.3 Å². The highest BCUT2D eigenvalue weighted by Crippen LogP contribution is 2.07. The minimum absolute atomic E-state index is 0.0447. The zero-order chi connectivity index (χ0) is 15.7. The summed E-state index contributed by atoms with van der Waals surface area (Å²) >= 11 is 1.18. The average molecular weight is 309 g/mol. The molecule has 1 aromatic carbocycles. The van der Waals surface area contributed by atoms with E-state index in [0.29, 0.717) is 18.4 Å². The van der Waals surface area contributed by atoms with Gasteiger partial charge in [-0.3, -0.25) is 9.59 Å². The SMILES string of the molecule is CCCC(NC(=O)CSCC(=O)c1ccccc1)C(=O)O. The summed E-state index contributed by atoms with van der Waals surface area (Å²) in [5, 5.41) is 11.4. The Hall–Kier alpha value is -1.82. The average Bonchev–Trinajstić information content (AvgIpc) is 2.47. The summed E-state index contributed by atoms with van der Waals surface area (Å²) in [6.07, 6.45) is 1.07. The fourth-order valence-electron chi connectivity index (χ4n) is 1.73. The van der Waals surface area contributed by atoms with E-state index in [1.807, 2.05) is 13.0 Å². The third-order valence-corrected chi connectivity index (χ3v) is 3.71. The van der Waals surface area contributed by atoms with Crippen LogP contribution in [-0.2, 0) is 9.59 Å². The number of nitrogens with one attached hydrogen (secondary N) is 1. The highest BCUT2D eigenvalue weighted by molar-refractivity contribution is 8.00. The van der Waals surface area contributed by atoms with Crippen molar-refractivity contribution in [3.63, 3.8) is 0 Å². The minimum Gasteiger partial charge on any atom is -0.480 e. The Labute approximate surface area is 128 Å². The zero-order valence-corrected chi connectivity index (χ0v) is 12.7. The molecule has 0 aliphatic carbocycles. The van der Waals surface area contributed by atoms with Crippen molar-refractivity contribution in [2.45, 2.75) is 25.8 Å². The second kappa shape index (κ2) is 9.18. The van der Waals surface area contributed by atoms with Gasteiger partial charge in [0, 0.05) is 5.56 Å². The van der Waals surface area contributed by atoms with Gasteiger partial charge in [0.2, 0.25) is 5.91 Å². The summed E-state index contributed by atoms with van der Waals surface area (Å²) < 4.78 is 0. The van der Waals surface area contributed by atoms with Crippen LogP contribution in [0, 0.1) is 0 Å². The lowest BCUT2D eigenvalue weighted by Gasteiger charge is -2.13. The molecule has 1 unspecified atom stereocenters. The van der Waals surface area contributed by atoms with Gasteiger partial charge in [-0.05, 0) is 6.42 Å². The lowest BCUT2D eigenvalue weighted by atomic mass is 10.2. The van der Waals surface area contributed by atoms with Crippen LogP contribution >= 0.6 is 11.8 Å². The maximum atomic E-state index is 11.8. The van der Waals surface area contributed by atoms with Crippen LogP contribution in [0.3, 0.4) is 0 Å². The van der Waals surface area contributed by atoms with E-state index in [1.165, 1.54) is 11.8 Å². The minimum atomic E-state index is -1.03. The quantitative estimate of drug-likeness (QED) is 0.681. The number of aliphatic carboxylic acids is 1. The molecule has 0 aromatic heterocycles. The van der Waals surface area contributed by atoms with Crippen molar-refractivity contribution in [2.75, 3.05) is 11.5 Å². The van der Waals surface area contributed by atoms with Gasteiger partial charge in [-0.1, -0.05) is 43.7 Å². The van der Waals surface area contributed by atoms with Gasteiger partial charge in [-0.2, -0.15) is 0 Å². The molecule has 1 atom stereocenters. The number of ketones is 1. The third kappa shape index (κ3) is 6.44. The summed E-state index contributed by atoms with van der Waals surface area (Å²) in [7, 11) is 0. The van der Waals surface area contributed by atoms with Gasteiger partial charge < -0.3 is 10.4 Å². The van der Waals surface area contributed by atoms with Crippen molar-refractivity contribution < 1.29 is 19.5 Å². The Morgan fingerprint density at radius 2 is 1.86 bits per heavy atom. The van der Waals surface area contributed by atoms with Crippen molar-refractivity contribution in [1.29, 1.82) is 0 Å². The van der Waals surface area contributed by atoms with E-state index in [0.717, 1.165) is 0 Å². The van der Waals surface area contributed by atoms with Gasteiger partial charge >= 0.3 is 5.97 Å². The van der Waals surface area contributed by atoms with E-state index in [9.17, 15) is 14.4 Å². The maximum absolute atomic E-state index is 11.8. The van der Waals surface area contributed by atoms with Crippen LogP contribution in [0.5, 0.6) is 0 Å². The summed E-state index contributed by atoms with van der Waals surface area (Å²) in [5.74, 6) is -1.16. The number of carboxylic acid groups (broad SMARTS) is 1. The lowest BCUT2D eigenvalue weighted by molar-refractivity contribution is -0.141. The Kier molecular flexibility index (Phi) is 7.53. The van der Waals surface area contributed by atoms with Crippen molar-refractivity contribution in [2.24, 2.45) is 0 Å². The topological polar surface area (TPSA) is 83.5 Å². The normalized spacial score (nSPS) is 11.7. The summed E-state index contributed by atoms with van der Waals surface area (Å²) in [6, 6.07) is 8.00. The summed E-state index contributed by atoms with van der Waals surface area (Å²) in [4.78, 5) is 34.4. The van der Waals surface area contributed by atoms with E-state index in [2.05, 4.69) is 5.32 Å². The first-order chi connectivity index (χ1) is 10.0. The number of thioether (sulfide) groups is 1. The molecule has 21 heavy (non-hydrogen) atoms. The molecule has 0 aliphatic rings.